The average Bonchev–Trinajstić information content (AvgIpc) is 3.07. The van der Waals surface area contributed by atoms with Crippen molar-refractivity contribution in [3.05, 3.63) is 30.1 Å². The Morgan fingerprint density at radius 1 is 1.43 bits per heavy atom. The minimum Gasteiger partial charge on any atom is -0.395 e. The van der Waals surface area contributed by atoms with Gasteiger partial charge in [-0.2, -0.15) is 5.10 Å². The summed E-state index contributed by atoms with van der Waals surface area (Å²) in [5.74, 6) is -0.155. The highest BCUT2D eigenvalue weighted by molar-refractivity contribution is 5.97. The zero-order chi connectivity index (χ0) is 15.2. The minimum absolute atomic E-state index is 0.155. The number of amides is 1. The zero-order valence-corrected chi connectivity index (χ0v) is 12.5. The first kappa shape index (κ1) is 15.1. The summed E-state index contributed by atoms with van der Waals surface area (Å²) in [6.07, 6.45) is 7.38. The van der Waals surface area contributed by atoms with E-state index < -0.39 is 0 Å². The summed E-state index contributed by atoms with van der Waals surface area (Å²) < 4.78 is 3.67. The molecule has 114 valence electrons. The van der Waals surface area contributed by atoms with Crippen LogP contribution in [0, 0.1) is 6.92 Å². The monoisotopic (exact) mass is 290 g/mol. The van der Waals surface area contributed by atoms with E-state index >= 15 is 0 Å². The summed E-state index contributed by atoms with van der Waals surface area (Å²) >= 11 is 0. The largest absolute Gasteiger partial charge is 0.395 e. The third-order valence-electron chi connectivity index (χ3n) is 3.38. The molecule has 0 aliphatic heterocycles. The highest BCUT2D eigenvalue weighted by Gasteiger charge is 2.18. The molecule has 0 fully saturated rings. The van der Waals surface area contributed by atoms with Gasteiger partial charge in [0.2, 0.25) is 0 Å². The Bertz CT molecular complexity index is 587. The summed E-state index contributed by atoms with van der Waals surface area (Å²) in [6, 6.07) is 0. The molecule has 0 unspecified atom stereocenters. The third kappa shape index (κ3) is 3.62. The number of nitrogens with one attached hydrogen (secondary N) is 1. The van der Waals surface area contributed by atoms with E-state index in [2.05, 4.69) is 15.4 Å². The molecular formula is C14H22N6O. The van der Waals surface area contributed by atoms with Crippen molar-refractivity contribution < 1.29 is 4.79 Å². The Hall–Kier alpha value is -2.31. The van der Waals surface area contributed by atoms with Crippen LogP contribution < -0.4 is 11.1 Å². The molecule has 2 aromatic heterocycles. The summed E-state index contributed by atoms with van der Waals surface area (Å²) in [4.78, 5) is 16.2. The lowest BCUT2D eigenvalue weighted by Crippen LogP contribution is -2.28. The minimum atomic E-state index is -0.155. The van der Waals surface area contributed by atoms with Gasteiger partial charge in [0.15, 0.2) is 0 Å². The van der Waals surface area contributed by atoms with Crippen LogP contribution >= 0.6 is 0 Å². The van der Waals surface area contributed by atoms with Gasteiger partial charge in [0.1, 0.15) is 5.69 Å². The maximum absolute atomic E-state index is 12.2. The SMILES string of the molecule is CCn1nc(C)c(N)c1C(=O)NCCCCn1ccnc1. The van der Waals surface area contributed by atoms with Crippen LogP contribution in [-0.4, -0.2) is 31.8 Å². The standard InChI is InChI=1S/C14H22N6O/c1-3-20-13(12(15)11(2)18-20)14(21)17-6-4-5-8-19-9-7-16-10-19/h7,9-10H,3-6,8,15H2,1-2H3,(H,17,21). The molecule has 21 heavy (non-hydrogen) atoms. The van der Waals surface area contributed by atoms with Gasteiger partial charge in [-0.3, -0.25) is 9.48 Å². The summed E-state index contributed by atoms with van der Waals surface area (Å²) in [5, 5.41) is 7.15. The van der Waals surface area contributed by atoms with Gasteiger partial charge in [-0.15, -0.1) is 0 Å². The van der Waals surface area contributed by atoms with Gasteiger partial charge in [0, 0.05) is 32.0 Å². The number of anilines is 1. The van der Waals surface area contributed by atoms with Gasteiger partial charge in [0.05, 0.1) is 17.7 Å². The number of hydrogen-bond donors (Lipinski definition) is 2. The number of imidazole rings is 1. The smallest absolute Gasteiger partial charge is 0.271 e. The number of aryl methyl sites for hydroxylation is 3. The number of unbranched alkanes of at least 4 members (excludes halogenated alkanes) is 1. The van der Waals surface area contributed by atoms with Crippen molar-refractivity contribution in [1.82, 2.24) is 24.6 Å². The van der Waals surface area contributed by atoms with Crippen molar-refractivity contribution >= 4 is 11.6 Å². The van der Waals surface area contributed by atoms with E-state index in [0.29, 0.717) is 30.2 Å². The number of carbonyl (C=O) groups is 1. The molecule has 2 heterocycles. The number of hydrogen-bond acceptors (Lipinski definition) is 4. The molecule has 0 aliphatic rings. The van der Waals surface area contributed by atoms with Gasteiger partial charge in [-0.25, -0.2) is 4.98 Å². The summed E-state index contributed by atoms with van der Waals surface area (Å²) in [6.45, 7) is 5.91. The van der Waals surface area contributed by atoms with Crippen molar-refractivity contribution in [2.75, 3.05) is 12.3 Å². The number of nitrogen functional groups attached to an aromatic ring is 1. The van der Waals surface area contributed by atoms with E-state index in [9.17, 15) is 4.79 Å². The van der Waals surface area contributed by atoms with E-state index in [1.807, 2.05) is 24.6 Å². The molecule has 3 N–H and O–H groups in total. The lowest BCUT2D eigenvalue weighted by atomic mass is 10.2. The fourth-order valence-electron chi connectivity index (χ4n) is 2.19. The molecule has 0 spiro atoms. The van der Waals surface area contributed by atoms with Crippen molar-refractivity contribution in [2.24, 2.45) is 0 Å². The number of aromatic nitrogens is 4. The Morgan fingerprint density at radius 2 is 2.24 bits per heavy atom. The van der Waals surface area contributed by atoms with Crippen LogP contribution in [0.3, 0.4) is 0 Å². The quantitative estimate of drug-likeness (QED) is 0.750. The number of nitrogens with two attached hydrogens (primary N) is 1. The van der Waals surface area contributed by atoms with Gasteiger partial charge in [-0.1, -0.05) is 0 Å². The van der Waals surface area contributed by atoms with E-state index in [-0.39, 0.29) is 5.91 Å². The molecule has 0 bridgehead atoms. The van der Waals surface area contributed by atoms with Crippen LogP contribution in [-0.2, 0) is 13.1 Å². The lowest BCUT2D eigenvalue weighted by molar-refractivity contribution is 0.0943. The second kappa shape index (κ2) is 6.92. The predicted octanol–water partition coefficient (Wildman–Crippen LogP) is 1.20. The molecule has 7 heteroatoms. The van der Waals surface area contributed by atoms with E-state index in [4.69, 9.17) is 5.73 Å². The van der Waals surface area contributed by atoms with Crippen LogP contribution in [0.2, 0.25) is 0 Å². The molecule has 0 radical (unpaired) electrons. The first-order valence-corrected chi connectivity index (χ1v) is 7.20. The molecule has 0 saturated heterocycles. The van der Waals surface area contributed by atoms with Gasteiger partial charge in [-0.05, 0) is 26.7 Å². The summed E-state index contributed by atoms with van der Waals surface area (Å²) in [5.41, 5.74) is 7.54. The van der Waals surface area contributed by atoms with Crippen LogP contribution in [0.5, 0.6) is 0 Å². The average molecular weight is 290 g/mol. The van der Waals surface area contributed by atoms with Gasteiger partial charge < -0.3 is 15.6 Å². The number of nitrogens with zero attached hydrogens (tertiary/aromatic N) is 4. The Labute approximate surface area is 124 Å². The molecule has 2 aromatic rings. The fourth-order valence-corrected chi connectivity index (χ4v) is 2.19. The topological polar surface area (TPSA) is 90.8 Å². The fraction of sp³-hybridized carbons (Fsp3) is 0.500. The van der Waals surface area contributed by atoms with E-state index in [1.54, 1.807) is 17.2 Å². The predicted molar refractivity (Wildman–Crippen MR) is 80.8 cm³/mol. The Balaban J connectivity index is 1.79. The van der Waals surface area contributed by atoms with Crippen LogP contribution in [0.1, 0.15) is 35.9 Å². The van der Waals surface area contributed by atoms with Crippen LogP contribution in [0.4, 0.5) is 5.69 Å². The maximum Gasteiger partial charge on any atom is 0.271 e. The van der Waals surface area contributed by atoms with E-state index in [1.165, 1.54) is 0 Å². The normalized spacial score (nSPS) is 10.8. The number of rotatable bonds is 7. The molecule has 0 aliphatic carbocycles. The summed E-state index contributed by atoms with van der Waals surface area (Å²) in [7, 11) is 0. The third-order valence-corrected chi connectivity index (χ3v) is 3.38. The van der Waals surface area contributed by atoms with Crippen molar-refractivity contribution in [1.29, 1.82) is 0 Å². The first-order valence-electron chi connectivity index (χ1n) is 7.20. The maximum atomic E-state index is 12.2. The molecule has 0 saturated carbocycles. The second-order valence-corrected chi connectivity index (χ2v) is 4.93. The highest BCUT2D eigenvalue weighted by Crippen LogP contribution is 2.16. The van der Waals surface area contributed by atoms with Crippen molar-refractivity contribution in [3.8, 4) is 0 Å². The molecule has 0 aromatic carbocycles. The molecule has 0 atom stereocenters. The van der Waals surface area contributed by atoms with Crippen LogP contribution in [0.25, 0.3) is 0 Å². The van der Waals surface area contributed by atoms with Gasteiger partial charge in [0.25, 0.3) is 5.91 Å². The lowest BCUT2D eigenvalue weighted by Gasteiger charge is -2.08. The molecular weight excluding hydrogens is 268 g/mol. The molecule has 2 rings (SSSR count). The van der Waals surface area contributed by atoms with Gasteiger partial charge >= 0.3 is 0 Å². The molecule has 7 nitrogen and oxygen atoms in total. The first-order chi connectivity index (χ1) is 10.1. The Kier molecular flexibility index (Phi) is 4.97. The van der Waals surface area contributed by atoms with Crippen LogP contribution in [0.15, 0.2) is 18.7 Å². The second-order valence-electron chi connectivity index (χ2n) is 4.93. The van der Waals surface area contributed by atoms with E-state index in [0.717, 1.165) is 19.4 Å². The van der Waals surface area contributed by atoms with Crippen molar-refractivity contribution in [2.45, 2.75) is 39.8 Å². The molecule has 1 amide bonds. The number of carbonyl (C=O) groups excluding carboxylic acids is 1. The highest BCUT2D eigenvalue weighted by atomic mass is 16.2. The van der Waals surface area contributed by atoms with Crippen molar-refractivity contribution in [3.63, 3.8) is 0 Å². The zero-order valence-electron chi connectivity index (χ0n) is 12.5. The Morgan fingerprint density at radius 3 is 2.90 bits per heavy atom.